The van der Waals surface area contributed by atoms with Gasteiger partial charge in [-0.25, -0.2) is 4.98 Å². The molecule has 0 fully saturated rings. The zero-order valence-electron chi connectivity index (χ0n) is 8.25. The number of halogens is 1. The van der Waals surface area contributed by atoms with Crippen LogP contribution < -0.4 is 0 Å². The summed E-state index contributed by atoms with van der Waals surface area (Å²) in [7, 11) is 0. The van der Waals surface area contributed by atoms with Gasteiger partial charge < -0.3 is 0 Å². The number of aromatic nitrogens is 3. The Morgan fingerprint density at radius 1 is 1.69 bits per heavy atom. The first-order valence-electron chi connectivity index (χ1n) is 4.46. The van der Waals surface area contributed by atoms with Crippen LogP contribution >= 0.6 is 22.9 Å². The summed E-state index contributed by atoms with van der Waals surface area (Å²) in [6.07, 6.45) is 2.05. The van der Waals surface area contributed by atoms with E-state index in [2.05, 4.69) is 10.1 Å². The van der Waals surface area contributed by atoms with E-state index in [1.807, 2.05) is 0 Å². The van der Waals surface area contributed by atoms with Crippen molar-refractivity contribution in [3.63, 3.8) is 0 Å². The lowest BCUT2D eigenvalue weighted by atomic mass is 10.3. The van der Waals surface area contributed by atoms with Crippen LogP contribution in [-0.2, 0) is 6.42 Å². The third kappa shape index (κ3) is 1.68. The van der Waals surface area contributed by atoms with Crippen LogP contribution in [0.3, 0.4) is 0 Å². The van der Waals surface area contributed by atoms with Crippen molar-refractivity contribution >= 4 is 28.6 Å². The number of hydrogen-bond acceptors (Lipinski definition) is 5. The lowest BCUT2D eigenvalue weighted by Crippen LogP contribution is -1.95. The molecule has 0 radical (unpaired) electrons. The molecule has 0 aromatic carbocycles. The first kappa shape index (κ1) is 11.0. The molecule has 6 nitrogen and oxygen atoms in total. The zero-order chi connectivity index (χ0) is 11.7. The van der Waals surface area contributed by atoms with Gasteiger partial charge in [-0.05, 0) is 6.42 Å². The van der Waals surface area contributed by atoms with Gasteiger partial charge in [-0.2, -0.15) is 9.78 Å². The molecule has 0 atom stereocenters. The van der Waals surface area contributed by atoms with Crippen molar-refractivity contribution in [2.45, 2.75) is 13.3 Å². The van der Waals surface area contributed by atoms with E-state index in [9.17, 15) is 10.1 Å². The highest BCUT2D eigenvalue weighted by Crippen LogP contribution is 2.31. The Hall–Kier alpha value is -1.47. The monoisotopic (exact) mass is 258 g/mol. The van der Waals surface area contributed by atoms with Crippen molar-refractivity contribution in [1.82, 2.24) is 14.8 Å². The standard InChI is InChI=1S/C8H7ClN4O2S/c1-2-5-6(13(14)15)7(9)12(11-5)8-10-3-4-16-8/h3-4H,2H2,1H3. The Kier molecular flexibility index (Phi) is 2.88. The zero-order valence-corrected chi connectivity index (χ0v) is 9.83. The first-order chi connectivity index (χ1) is 7.65. The molecule has 0 N–H and O–H groups in total. The van der Waals surface area contributed by atoms with Crippen LogP contribution in [0.5, 0.6) is 0 Å². The van der Waals surface area contributed by atoms with E-state index in [1.165, 1.54) is 16.0 Å². The summed E-state index contributed by atoms with van der Waals surface area (Å²) in [4.78, 5) is 14.3. The van der Waals surface area contributed by atoms with Crippen LogP contribution in [0, 0.1) is 10.1 Å². The molecule has 0 bridgehead atoms. The largest absolute Gasteiger partial charge is 0.329 e. The summed E-state index contributed by atoms with van der Waals surface area (Å²) in [5.41, 5.74) is 0.226. The average molecular weight is 259 g/mol. The third-order valence-corrected chi connectivity index (χ3v) is 3.08. The van der Waals surface area contributed by atoms with E-state index in [0.717, 1.165) is 0 Å². The van der Waals surface area contributed by atoms with Gasteiger partial charge in [-0.3, -0.25) is 10.1 Å². The van der Waals surface area contributed by atoms with Crippen molar-refractivity contribution < 1.29 is 4.92 Å². The smallest absolute Gasteiger partial charge is 0.258 e. The van der Waals surface area contributed by atoms with Crippen molar-refractivity contribution in [1.29, 1.82) is 0 Å². The highest BCUT2D eigenvalue weighted by molar-refractivity contribution is 7.12. The third-order valence-electron chi connectivity index (χ3n) is 1.99. The van der Waals surface area contributed by atoms with Crippen molar-refractivity contribution in [2.75, 3.05) is 0 Å². The van der Waals surface area contributed by atoms with Gasteiger partial charge >= 0.3 is 5.69 Å². The first-order valence-corrected chi connectivity index (χ1v) is 5.72. The summed E-state index contributed by atoms with van der Waals surface area (Å²) in [6, 6.07) is 0. The molecular weight excluding hydrogens is 252 g/mol. The lowest BCUT2D eigenvalue weighted by Gasteiger charge is -1.94. The van der Waals surface area contributed by atoms with Gasteiger partial charge in [0.25, 0.3) is 0 Å². The number of thiazole rings is 1. The highest BCUT2D eigenvalue weighted by Gasteiger charge is 2.26. The van der Waals surface area contributed by atoms with Crippen molar-refractivity contribution in [3.05, 3.63) is 32.5 Å². The van der Waals surface area contributed by atoms with Gasteiger partial charge in [0.1, 0.15) is 5.69 Å². The van der Waals surface area contributed by atoms with Crippen LogP contribution in [0.1, 0.15) is 12.6 Å². The summed E-state index contributed by atoms with van der Waals surface area (Å²) in [6.45, 7) is 1.79. The molecule has 0 aliphatic heterocycles. The summed E-state index contributed by atoms with van der Waals surface area (Å²) >= 11 is 7.24. The molecule has 0 spiro atoms. The molecule has 2 rings (SSSR count). The van der Waals surface area contributed by atoms with E-state index in [-0.39, 0.29) is 10.8 Å². The topological polar surface area (TPSA) is 73.8 Å². The molecular formula is C8H7ClN4O2S. The van der Waals surface area contributed by atoms with Gasteiger partial charge in [0.05, 0.1) is 4.92 Å². The summed E-state index contributed by atoms with van der Waals surface area (Å²) in [5.74, 6) is 0. The minimum atomic E-state index is -0.516. The Morgan fingerprint density at radius 2 is 2.44 bits per heavy atom. The molecule has 0 amide bonds. The van der Waals surface area contributed by atoms with Crippen LogP contribution in [0.4, 0.5) is 5.69 Å². The Labute approximate surface area is 99.6 Å². The lowest BCUT2D eigenvalue weighted by molar-refractivity contribution is -0.385. The Balaban J connectivity index is 2.61. The molecule has 16 heavy (non-hydrogen) atoms. The van der Waals surface area contributed by atoms with Crippen molar-refractivity contribution in [3.8, 4) is 5.13 Å². The fourth-order valence-corrected chi connectivity index (χ4v) is 2.24. The van der Waals surface area contributed by atoms with E-state index in [4.69, 9.17) is 11.6 Å². The normalized spacial score (nSPS) is 10.6. The van der Waals surface area contributed by atoms with Gasteiger partial charge in [0.15, 0.2) is 0 Å². The maximum Gasteiger partial charge on any atom is 0.329 e. The second-order valence-electron chi connectivity index (χ2n) is 2.92. The fourth-order valence-electron chi connectivity index (χ4n) is 1.30. The number of nitro groups is 1. The van der Waals surface area contributed by atoms with Crippen LogP contribution in [0.25, 0.3) is 5.13 Å². The second-order valence-corrected chi connectivity index (χ2v) is 4.15. The number of hydrogen-bond donors (Lipinski definition) is 0. The molecule has 84 valence electrons. The maximum atomic E-state index is 10.8. The van der Waals surface area contributed by atoms with Crippen molar-refractivity contribution in [2.24, 2.45) is 0 Å². The molecule has 2 aromatic heterocycles. The molecule has 2 aromatic rings. The fraction of sp³-hybridized carbons (Fsp3) is 0.250. The summed E-state index contributed by atoms with van der Waals surface area (Å²) < 4.78 is 1.29. The minimum Gasteiger partial charge on any atom is -0.258 e. The van der Waals surface area contributed by atoms with E-state index >= 15 is 0 Å². The highest BCUT2D eigenvalue weighted by atomic mass is 35.5. The van der Waals surface area contributed by atoms with E-state index < -0.39 is 4.92 Å². The average Bonchev–Trinajstić information content (AvgIpc) is 2.83. The van der Waals surface area contributed by atoms with Crippen LogP contribution in [0.2, 0.25) is 5.15 Å². The van der Waals surface area contributed by atoms with Gasteiger partial charge in [0, 0.05) is 11.6 Å². The quantitative estimate of drug-likeness (QED) is 0.626. The van der Waals surface area contributed by atoms with Crippen LogP contribution in [-0.4, -0.2) is 19.7 Å². The Morgan fingerprint density at radius 3 is 2.88 bits per heavy atom. The molecule has 8 heteroatoms. The molecule has 0 unspecified atom stereocenters. The molecule has 0 saturated carbocycles. The molecule has 0 aliphatic carbocycles. The van der Waals surface area contributed by atoms with Crippen LogP contribution in [0.15, 0.2) is 11.6 Å². The number of nitrogens with zero attached hydrogens (tertiary/aromatic N) is 4. The predicted octanol–water partition coefficient (Wildman–Crippen LogP) is 2.45. The minimum absolute atomic E-state index is 0.00296. The van der Waals surface area contributed by atoms with E-state index in [1.54, 1.807) is 18.5 Å². The van der Waals surface area contributed by atoms with E-state index in [0.29, 0.717) is 17.2 Å². The predicted molar refractivity (Wildman–Crippen MR) is 60.3 cm³/mol. The Bertz CT molecular complexity index is 522. The SMILES string of the molecule is CCc1nn(-c2nccs2)c(Cl)c1[N+](=O)[O-]. The molecule has 0 saturated heterocycles. The van der Waals surface area contributed by atoms with Gasteiger partial charge in [-0.1, -0.05) is 18.5 Å². The summed E-state index contributed by atoms with van der Waals surface area (Å²) in [5, 5.41) is 17.2. The number of rotatable bonds is 3. The molecule has 0 aliphatic rings. The molecule has 2 heterocycles. The number of aryl methyl sites for hydroxylation is 1. The van der Waals surface area contributed by atoms with Gasteiger partial charge in [-0.15, -0.1) is 11.3 Å². The van der Waals surface area contributed by atoms with Gasteiger partial charge in [0.2, 0.25) is 10.3 Å². The maximum absolute atomic E-state index is 10.8. The second kappa shape index (κ2) is 4.18.